The second kappa shape index (κ2) is 6.69. The van der Waals surface area contributed by atoms with E-state index in [9.17, 15) is 0 Å². The molecular formula is C15H12ClNO5. The molecular weight excluding hydrogens is 310 g/mol. The Labute approximate surface area is 128 Å². The minimum atomic E-state index is -4.94. The smallest absolute Gasteiger partial charge is 0.196 e. The van der Waals surface area contributed by atoms with Crippen LogP contribution in [0.5, 0.6) is 5.75 Å². The van der Waals surface area contributed by atoms with Crippen LogP contribution in [-0.4, -0.2) is 5.71 Å². The summed E-state index contributed by atoms with van der Waals surface area (Å²) in [7, 11) is -4.94. The van der Waals surface area contributed by atoms with Gasteiger partial charge in [0.05, 0.1) is 0 Å². The third-order valence-electron chi connectivity index (χ3n) is 2.75. The normalized spacial score (nSPS) is 15.9. The van der Waals surface area contributed by atoms with Crippen LogP contribution in [0.2, 0.25) is 0 Å². The minimum absolute atomic E-state index is 0.759. The number of ether oxygens (including phenoxy) is 1. The number of allylic oxidation sites excluding steroid dienone is 6. The first-order valence-electron chi connectivity index (χ1n) is 6.12. The summed E-state index contributed by atoms with van der Waals surface area (Å²) in [5, 5.41) is 5.66. The molecule has 6 nitrogen and oxygen atoms in total. The molecule has 7 heteroatoms. The Balaban J connectivity index is 0.000000309. The maximum atomic E-state index is 8.49. The molecule has 0 bridgehead atoms. The molecule has 0 atom stereocenters. The van der Waals surface area contributed by atoms with Gasteiger partial charge in [0.25, 0.3) is 0 Å². The summed E-state index contributed by atoms with van der Waals surface area (Å²) in [5.41, 5.74) is 2.89. The predicted octanol–water partition coefficient (Wildman–Crippen LogP) is -3.08. The van der Waals surface area contributed by atoms with Gasteiger partial charge in [-0.3, -0.25) is 5.41 Å². The highest BCUT2D eigenvalue weighted by Crippen LogP contribution is 2.29. The van der Waals surface area contributed by atoms with Gasteiger partial charge in [0.1, 0.15) is 11.5 Å². The standard InChI is InChI=1S/C15H11NO.ClHO4/c16-13-8-5-12(6-9-13)15-10-7-11-3-1-2-4-14(11)17-15;2-1(3,4)5/h1-10,16H;(H,2,3,4,5). The van der Waals surface area contributed by atoms with E-state index in [0.717, 1.165) is 28.4 Å². The zero-order chi connectivity index (χ0) is 16.2. The van der Waals surface area contributed by atoms with E-state index in [0.29, 0.717) is 0 Å². The van der Waals surface area contributed by atoms with Crippen molar-refractivity contribution in [2.75, 3.05) is 0 Å². The Kier molecular flexibility index (Phi) is 4.92. The Morgan fingerprint density at radius 2 is 1.41 bits per heavy atom. The fourth-order valence-electron chi connectivity index (χ4n) is 1.83. The highest BCUT2D eigenvalue weighted by atomic mass is 35.7. The van der Waals surface area contributed by atoms with E-state index in [1.807, 2.05) is 54.6 Å². The van der Waals surface area contributed by atoms with Gasteiger partial charge in [-0.2, -0.15) is 0 Å². The molecule has 0 fully saturated rings. The van der Waals surface area contributed by atoms with E-state index in [2.05, 4.69) is 6.08 Å². The highest BCUT2D eigenvalue weighted by Gasteiger charge is 2.12. The lowest BCUT2D eigenvalue weighted by molar-refractivity contribution is -2.00. The van der Waals surface area contributed by atoms with E-state index >= 15 is 0 Å². The monoisotopic (exact) mass is 321 g/mol. The summed E-state index contributed by atoms with van der Waals surface area (Å²) in [6.45, 7) is 0. The van der Waals surface area contributed by atoms with Crippen molar-refractivity contribution in [2.45, 2.75) is 0 Å². The fourth-order valence-corrected chi connectivity index (χ4v) is 1.83. The Morgan fingerprint density at radius 1 is 0.818 bits per heavy atom. The van der Waals surface area contributed by atoms with Gasteiger partial charge in [0.2, 0.25) is 0 Å². The molecule has 0 radical (unpaired) electrons. The number of hydrogen-bond acceptors (Lipinski definition) is 5. The van der Waals surface area contributed by atoms with Crippen molar-refractivity contribution in [1.29, 1.82) is 0 Å². The second-order valence-electron chi connectivity index (χ2n) is 4.34. The van der Waals surface area contributed by atoms with Crippen LogP contribution in [0.15, 0.2) is 66.0 Å². The lowest BCUT2D eigenvalue weighted by Crippen LogP contribution is -2.68. The van der Waals surface area contributed by atoms with Gasteiger partial charge in [-0.1, -0.05) is 18.2 Å². The van der Waals surface area contributed by atoms with Crippen LogP contribution in [0.1, 0.15) is 5.56 Å². The molecule has 2 N–H and O–H groups in total. The average Bonchev–Trinajstić information content (AvgIpc) is 2.46. The SMILES string of the molecule is [NH2+]=C1C=CC(=C2C=Cc3ccccc3O2)C=C1.[O-][Cl+3]([O-])([O-])[O-]. The van der Waals surface area contributed by atoms with Crippen LogP contribution >= 0.6 is 0 Å². The van der Waals surface area contributed by atoms with Gasteiger partial charge >= 0.3 is 0 Å². The van der Waals surface area contributed by atoms with Crippen LogP contribution in [-0.2, 0) is 0 Å². The molecule has 1 heterocycles. The van der Waals surface area contributed by atoms with Crippen LogP contribution < -0.4 is 28.8 Å². The topological polar surface area (TPSA) is 127 Å². The number of rotatable bonds is 0. The van der Waals surface area contributed by atoms with Crippen molar-refractivity contribution in [3.8, 4) is 5.75 Å². The van der Waals surface area contributed by atoms with Crippen LogP contribution in [0.4, 0.5) is 0 Å². The van der Waals surface area contributed by atoms with E-state index in [-0.39, 0.29) is 0 Å². The first kappa shape index (κ1) is 16.2. The average molecular weight is 322 g/mol. The lowest BCUT2D eigenvalue weighted by Gasteiger charge is -2.17. The highest BCUT2D eigenvalue weighted by molar-refractivity contribution is 6.01. The van der Waals surface area contributed by atoms with E-state index in [4.69, 9.17) is 28.8 Å². The summed E-state index contributed by atoms with van der Waals surface area (Å²) < 4.78 is 39.8. The van der Waals surface area contributed by atoms with Crippen LogP contribution in [0.25, 0.3) is 6.08 Å². The van der Waals surface area contributed by atoms with E-state index < -0.39 is 10.2 Å². The number of hydrogen-bond donors (Lipinski definition) is 1. The second-order valence-corrected chi connectivity index (χ2v) is 5.09. The molecule has 0 amide bonds. The van der Waals surface area contributed by atoms with Crippen molar-refractivity contribution < 1.29 is 39.0 Å². The quantitative estimate of drug-likeness (QED) is 0.542. The third kappa shape index (κ3) is 4.96. The number of nitrogens with two attached hydrogens (primary N) is 1. The van der Waals surface area contributed by atoms with Gasteiger partial charge in [-0.25, -0.2) is 18.6 Å². The lowest BCUT2D eigenvalue weighted by atomic mass is 10.0. The van der Waals surface area contributed by atoms with Gasteiger partial charge in [-0.05, 0) is 30.4 Å². The molecule has 0 saturated carbocycles. The molecule has 114 valence electrons. The van der Waals surface area contributed by atoms with Crippen LogP contribution in [0.3, 0.4) is 0 Å². The molecule has 0 aromatic heterocycles. The minimum Gasteiger partial charge on any atom is -0.456 e. The molecule has 1 aromatic rings. The molecule has 0 saturated heterocycles. The van der Waals surface area contributed by atoms with E-state index in [1.165, 1.54) is 0 Å². The maximum absolute atomic E-state index is 8.49. The van der Waals surface area contributed by atoms with Crippen molar-refractivity contribution in [1.82, 2.24) is 0 Å². The molecule has 1 aromatic carbocycles. The number of fused-ring (bicyclic) bond motifs is 1. The van der Waals surface area contributed by atoms with Gasteiger partial charge in [0.15, 0.2) is 5.71 Å². The number of benzene rings is 1. The molecule has 3 rings (SSSR count). The summed E-state index contributed by atoms with van der Waals surface area (Å²) >= 11 is 0. The largest absolute Gasteiger partial charge is 0.456 e. The van der Waals surface area contributed by atoms with Crippen LogP contribution in [0, 0.1) is 10.2 Å². The summed E-state index contributed by atoms with van der Waals surface area (Å²) in [4.78, 5) is 0. The Hall–Kier alpha value is -2.22. The molecule has 0 spiro atoms. The fraction of sp³-hybridized carbons (Fsp3) is 0. The molecule has 22 heavy (non-hydrogen) atoms. The van der Waals surface area contributed by atoms with Gasteiger partial charge < -0.3 is 4.74 Å². The molecule has 1 aliphatic heterocycles. The summed E-state index contributed by atoms with van der Waals surface area (Å²) in [6, 6.07) is 7.97. The molecule has 2 aliphatic rings. The Bertz CT molecular complexity index is 674. The van der Waals surface area contributed by atoms with Crippen molar-refractivity contribution in [3.05, 3.63) is 71.5 Å². The van der Waals surface area contributed by atoms with Gasteiger partial charge in [-0.15, -0.1) is 10.2 Å². The summed E-state index contributed by atoms with van der Waals surface area (Å²) in [6.07, 6.45) is 11.7. The maximum Gasteiger partial charge on any atom is 0.196 e. The molecule has 1 aliphatic carbocycles. The zero-order valence-electron chi connectivity index (χ0n) is 11.3. The van der Waals surface area contributed by atoms with Gasteiger partial charge in [0, 0.05) is 23.3 Å². The van der Waals surface area contributed by atoms with Crippen molar-refractivity contribution in [2.24, 2.45) is 0 Å². The third-order valence-corrected chi connectivity index (χ3v) is 2.75. The van der Waals surface area contributed by atoms with E-state index in [1.54, 1.807) is 0 Å². The van der Waals surface area contributed by atoms with Crippen molar-refractivity contribution in [3.63, 3.8) is 0 Å². The molecule has 0 unspecified atom stereocenters. The summed E-state index contributed by atoms with van der Waals surface area (Å²) in [5.74, 6) is 1.74. The number of halogens is 1. The first-order valence-corrected chi connectivity index (χ1v) is 7.36. The number of para-hydroxylation sites is 1. The zero-order valence-corrected chi connectivity index (χ0v) is 12.0. The Morgan fingerprint density at radius 3 is 2.05 bits per heavy atom. The van der Waals surface area contributed by atoms with Crippen molar-refractivity contribution >= 4 is 11.8 Å². The predicted molar refractivity (Wildman–Crippen MR) is 68.3 cm³/mol. The first-order chi connectivity index (χ1) is 10.3.